The van der Waals surface area contributed by atoms with Gasteiger partial charge in [-0.1, -0.05) is 17.7 Å². The summed E-state index contributed by atoms with van der Waals surface area (Å²) in [5.41, 5.74) is 1.05. The first-order valence-electron chi connectivity index (χ1n) is 8.60. The molecule has 0 bridgehead atoms. The third-order valence-electron chi connectivity index (χ3n) is 3.71. The van der Waals surface area contributed by atoms with Gasteiger partial charge in [-0.05, 0) is 38.4 Å². The number of aliphatic hydroxyl groups is 1. The summed E-state index contributed by atoms with van der Waals surface area (Å²) >= 11 is 0. The second kappa shape index (κ2) is 11.9. The van der Waals surface area contributed by atoms with Crippen LogP contribution in [0, 0.1) is 6.92 Å². The molecule has 2 rings (SSSR count). The summed E-state index contributed by atoms with van der Waals surface area (Å²) in [6.45, 7) is 3.36. The first-order chi connectivity index (χ1) is 12.8. The van der Waals surface area contributed by atoms with Crippen molar-refractivity contribution in [3.63, 3.8) is 0 Å². The molecule has 1 aliphatic heterocycles. The van der Waals surface area contributed by atoms with Crippen molar-refractivity contribution in [2.24, 2.45) is 0 Å². The highest BCUT2D eigenvalue weighted by atomic mass is 16.5. The zero-order chi connectivity index (χ0) is 20.2. The highest BCUT2D eigenvalue weighted by Crippen LogP contribution is 2.11. The minimum atomic E-state index is -1.28. The molecule has 27 heavy (non-hydrogen) atoms. The fourth-order valence-electron chi connectivity index (χ4n) is 2.18. The van der Waals surface area contributed by atoms with Crippen LogP contribution in [-0.2, 0) is 14.4 Å². The molecular formula is C18H26N2O7. The second-order valence-corrected chi connectivity index (χ2v) is 6.14. The van der Waals surface area contributed by atoms with Crippen LogP contribution < -0.4 is 15.4 Å². The van der Waals surface area contributed by atoms with Crippen LogP contribution in [0.25, 0.3) is 0 Å². The lowest BCUT2D eigenvalue weighted by molar-refractivity contribution is -0.143. The van der Waals surface area contributed by atoms with Gasteiger partial charge >= 0.3 is 11.9 Å². The summed E-state index contributed by atoms with van der Waals surface area (Å²) in [4.78, 5) is 32.9. The number of rotatable bonds is 8. The summed E-state index contributed by atoms with van der Waals surface area (Å²) in [5.74, 6) is -2.52. The van der Waals surface area contributed by atoms with Gasteiger partial charge in [-0.3, -0.25) is 9.59 Å². The van der Waals surface area contributed by atoms with Crippen LogP contribution in [0.1, 0.15) is 24.8 Å². The minimum Gasteiger partial charge on any atom is -0.484 e. The van der Waals surface area contributed by atoms with Crippen LogP contribution in [0.5, 0.6) is 5.75 Å². The first-order valence-corrected chi connectivity index (χ1v) is 8.60. The monoisotopic (exact) mass is 382 g/mol. The molecule has 0 saturated carbocycles. The van der Waals surface area contributed by atoms with Gasteiger partial charge in [0.05, 0.1) is 6.10 Å². The number of aliphatic hydroxyl groups excluding tert-OH is 1. The zero-order valence-electron chi connectivity index (χ0n) is 15.2. The van der Waals surface area contributed by atoms with Crippen LogP contribution in [0.3, 0.4) is 0 Å². The van der Waals surface area contributed by atoms with E-state index in [1.165, 1.54) is 0 Å². The Labute approximate surface area is 157 Å². The number of hydrogen-bond acceptors (Lipinski definition) is 6. The molecule has 1 aromatic rings. The standard InChI is InChI=1S/C14H17NO6.C4H9NO/c1-9-2-4-10(5-3-9)21-8-12(16)15-11(14(19)20)6-7-13(17)18;6-4-1-2-5-3-4/h2-5,11H,6-8H2,1H3,(H,15,16)(H,17,18)(H,19,20);4-6H,1-3H2. The van der Waals surface area contributed by atoms with Gasteiger partial charge in [0.15, 0.2) is 6.61 Å². The molecule has 1 heterocycles. The zero-order valence-corrected chi connectivity index (χ0v) is 15.2. The molecule has 5 N–H and O–H groups in total. The predicted molar refractivity (Wildman–Crippen MR) is 96.6 cm³/mol. The third kappa shape index (κ3) is 10.2. The van der Waals surface area contributed by atoms with Gasteiger partial charge in [0.2, 0.25) is 0 Å². The maximum atomic E-state index is 11.6. The molecule has 2 unspecified atom stereocenters. The minimum absolute atomic E-state index is 0.0648. The van der Waals surface area contributed by atoms with Crippen molar-refractivity contribution in [1.29, 1.82) is 0 Å². The number of carboxylic acid groups (broad SMARTS) is 2. The Balaban J connectivity index is 0.000000511. The van der Waals surface area contributed by atoms with E-state index in [2.05, 4.69) is 10.6 Å². The molecule has 0 aliphatic carbocycles. The first kappa shape index (κ1) is 22.4. The van der Waals surface area contributed by atoms with Crippen molar-refractivity contribution in [1.82, 2.24) is 10.6 Å². The summed E-state index contributed by atoms with van der Waals surface area (Å²) in [6, 6.07) is 5.79. The quantitative estimate of drug-likeness (QED) is 0.427. The van der Waals surface area contributed by atoms with Crippen LogP contribution >= 0.6 is 0 Å². The van der Waals surface area contributed by atoms with Crippen LogP contribution in [0.4, 0.5) is 0 Å². The second-order valence-electron chi connectivity index (χ2n) is 6.14. The Bertz CT molecular complexity index is 613. The Morgan fingerprint density at radius 1 is 1.26 bits per heavy atom. The van der Waals surface area contributed by atoms with Gasteiger partial charge in [0.25, 0.3) is 5.91 Å². The number of amides is 1. The molecule has 1 amide bonds. The topological polar surface area (TPSA) is 145 Å². The normalized spacial score (nSPS) is 16.6. The highest BCUT2D eigenvalue weighted by molar-refractivity contribution is 5.84. The summed E-state index contributed by atoms with van der Waals surface area (Å²) in [5, 5.41) is 31.3. The van der Waals surface area contributed by atoms with Gasteiger partial charge in [-0.15, -0.1) is 0 Å². The van der Waals surface area contributed by atoms with E-state index < -0.39 is 23.9 Å². The van der Waals surface area contributed by atoms with Gasteiger partial charge in [0, 0.05) is 13.0 Å². The number of hydrogen-bond donors (Lipinski definition) is 5. The Kier molecular flexibility index (Phi) is 9.84. The summed E-state index contributed by atoms with van der Waals surface area (Å²) in [6.07, 6.45) is 0.349. The van der Waals surface area contributed by atoms with E-state index in [0.717, 1.165) is 25.1 Å². The molecule has 150 valence electrons. The fourth-order valence-corrected chi connectivity index (χ4v) is 2.18. The van der Waals surface area contributed by atoms with E-state index in [9.17, 15) is 14.4 Å². The fraction of sp³-hybridized carbons (Fsp3) is 0.500. The summed E-state index contributed by atoms with van der Waals surface area (Å²) < 4.78 is 5.21. The molecular weight excluding hydrogens is 356 g/mol. The number of carbonyl (C=O) groups excluding carboxylic acids is 1. The average molecular weight is 382 g/mol. The lowest BCUT2D eigenvalue weighted by atomic mass is 10.1. The molecule has 9 heteroatoms. The van der Waals surface area contributed by atoms with Crippen LogP contribution in [0.15, 0.2) is 24.3 Å². The van der Waals surface area contributed by atoms with Crippen molar-refractivity contribution >= 4 is 17.8 Å². The SMILES string of the molecule is Cc1ccc(OCC(=O)NC(CCC(=O)O)C(=O)O)cc1.OC1CCNC1. The molecule has 0 aromatic heterocycles. The molecule has 1 aromatic carbocycles. The lowest BCUT2D eigenvalue weighted by Gasteiger charge is -2.14. The number of aryl methyl sites for hydroxylation is 1. The average Bonchev–Trinajstić information content (AvgIpc) is 3.09. The predicted octanol–water partition coefficient (Wildman–Crippen LogP) is 0.149. The number of aliphatic carboxylic acids is 2. The van der Waals surface area contributed by atoms with Crippen molar-refractivity contribution < 1.29 is 34.4 Å². The lowest BCUT2D eigenvalue weighted by Crippen LogP contribution is -2.43. The van der Waals surface area contributed by atoms with E-state index >= 15 is 0 Å². The third-order valence-corrected chi connectivity index (χ3v) is 3.71. The number of nitrogens with one attached hydrogen (secondary N) is 2. The maximum Gasteiger partial charge on any atom is 0.326 e. The largest absolute Gasteiger partial charge is 0.484 e. The molecule has 0 spiro atoms. The molecule has 1 fully saturated rings. The summed E-state index contributed by atoms with van der Waals surface area (Å²) in [7, 11) is 0. The molecule has 2 atom stereocenters. The van der Waals surface area contributed by atoms with Gasteiger partial charge in [0.1, 0.15) is 11.8 Å². The van der Waals surface area contributed by atoms with Crippen LogP contribution in [-0.4, -0.2) is 65.0 Å². The van der Waals surface area contributed by atoms with Gasteiger partial charge in [-0.2, -0.15) is 0 Å². The van der Waals surface area contributed by atoms with E-state index in [-0.39, 0.29) is 25.6 Å². The Hall–Kier alpha value is -2.65. The molecule has 0 radical (unpaired) electrons. The number of benzene rings is 1. The highest BCUT2D eigenvalue weighted by Gasteiger charge is 2.21. The van der Waals surface area contributed by atoms with Crippen molar-refractivity contribution in [2.45, 2.75) is 38.3 Å². The van der Waals surface area contributed by atoms with Crippen molar-refractivity contribution in [3.05, 3.63) is 29.8 Å². The number of β-amino-alcohol motifs (C(OH)–C–C–N with tert-alkyl or cyclic N) is 1. The van der Waals surface area contributed by atoms with Crippen molar-refractivity contribution in [2.75, 3.05) is 19.7 Å². The van der Waals surface area contributed by atoms with E-state index in [1.54, 1.807) is 12.1 Å². The number of carbonyl (C=O) groups is 3. The number of ether oxygens (including phenoxy) is 1. The van der Waals surface area contributed by atoms with E-state index in [0.29, 0.717) is 5.75 Å². The molecule has 1 saturated heterocycles. The van der Waals surface area contributed by atoms with Crippen LogP contribution in [0.2, 0.25) is 0 Å². The van der Waals surface area contributed by atoms with Crippen molar-refractivity contribution in [3.8, 4) is 5.75 Å². The smallest absolute Gasteiger partial charge is 0.326 e. The van der Waals surface area contributed by atoms with E-state index in [4.69, 9.17) is 20.1 Å². The Morgan fingerprint density at radius 2 is 1.93 bits per heavy atom. The Morgan fingerprint density at radius 3 is 2.37 bits per heavy atom. The van der Waals surface area contributed by atoms with E-state index in [1.807, 2.05) is 19.1 Å². The molecule has 1 aliphatic rings. The van der Waals surface area contributed by atoms with Gasteiger partial charge in [-0.25, -0.2) is 4.79 Å². The number of carboxylic acids is 2. The maximum absolute atomic E-state index is 11.6. The van der Waals surface area contributed by atoms with Gasteiger partial charge < -0.3 is 30.7 Å². The molecule has 9 nitrogen and oxygen atoms in total.